The molecule has 0 saturated carbocycles. The minimum absolute atomic E-state index is 0.288. The Bertz CT molecular complexity index is 509. The van der Waals surface area contributed by atoms with Gasteiger partial charge in [0, 0.05) is 30.1 Å². The van der Waals surface area contributed by atoms with Crippen LogP contribution in [0.25, 0.3) is 0 Å². The molecule has 7 nitrogen and oxygen atoms in total. The third-order valence-corrected chi connectivity index (χ3v) is 6.89. The van der Waals surface area contributed by atoms with Crippen molar-refractivity contribution in [3.63, 3.8) is 0 Å². The summed E-state index contributed by atoms with van der Waals surface area (Å²) < 4.78 is 23.6. The molecule has 2 fully saturated rings. The van der Waals surface area contributed by atoms with Crippen molar-refractivity contribution >= 4 is 45.4 Å². The minimum atomic E-state index is -3.38. The molecule has 0 radical (unpaired) electrons. The number of nitrogens with zero attached hydrogens (tertiary/aromatic N) is 2. The minimum Gasteiger partial charge on any atom is -0.480 e. The number of amides is 2. The van der Waals surface area contributed by atoms with E-state index in [0.29, 0.717) is 23.8 Å². The highest BCUT2D eigenvalue weighted by Gasteiger charge is 2.41. The quantitative estimate of drug-likeness (QED) is 0.755. The Morgan fingerprint density at radius 2 is 1.90 bits per heavy atom. The van der Waals surface area contributed by atoms with Crippen LogP contribution in [0.5, 0.6) is 0 Å². The van der Waals surface area contributed by atoms with Gasteiger partial charge in [-0.3, -0.25) is 0 Å². The van der Waals surface area contributed by atoms with E-state index in [1.165, 1.54) is 33.3 Å². The highest BCUT2D eigenvalue weighted by atomic mass is 32.2. The molecule has 10 heteroatoms. The predicted octanol–water partition coefficient (Wildman–Crippen LogP) is -0.0146. The number of hydrogen-bond acceptors (Lipinski definition) is 6. The molecule has 0 aliphatic carbocycles. The van der Waals surface area contributed by atoms with E-state index in [2.05, 4.69) is 0 Å². The second-order valence-corrected chi connectivity index (χ2v) is 9.01. The summed E-state index contributed by atoms with van der Waals surface area (Å²) in [4.78, 5) is 26.2. The van der Waals surface area contributed by atoms with Crippen LogP contribution < -0.4 is 0 Å². The zero-order chi connectivity index (χ0) is 14.9. The molecule has 2 saturated heterocycles. The molecular formula is C10H16N2O5S3. The molecule has 0 aromatic rings. The predicted molar refractivity (Wildman–Crippen MR) is 78.6 cm³/mol. The molecule has 2 rings (SSSR count). The van der Waals surface area contributed by atoms with Gasteiger partial charge in [-0.05, 0) is 0 Å². The first kappa shape index (κ1) is 15.8. The second-order valence-electron chi connectivity index (χ2n) is 4.66. The molecular weight excluding hydrogens is 324 g/mol. The fourth-order valence-electron chi connectivity index (χ4n) is 2.16. The average Bonchev–Trinajstić information content (AvgIpc) is 2.86. The van der Waals surface area contributed by atoms with Gasteiger partial charge < -0.3 is 14.9 Å². The molecule has 0 aromatic heterocycles. The summed E-state index contributed by atoms with van der Waals surface area (Å²) >= 11 is 2.85. The largest absolute Gasteiger partial charge is 0.480 e. The number of sulfone groups is 1. The van der Waals surface area contributed by atoms with Gasteiger partial charge in [-0.25, -0.2) is 18.0 Å². The van der Waals surface area contributed by atoms with Crippen molar-refractivity contribution in [1.82, 2.24) is 9.80 Å². The highest BCUT2D eigenvalue weighted by molar-refractivity contribution is 8.01. The van der Waals surface area contributed by atoms with Gasteiger partial charge in [-0.2, -0.15) is 11.8 Å². The maximum atomic E-state index is 12.5. The molecule has 0 bridgehead atoms. The van der Waals surface area contributed by atoms with Gasteiger partial charge in [-0.15, -0.1) is 11.8 Å². The van der Waals surface area contributed by atoms with Crippen LogP contribution in [0.3, 0.4) is 0 Å². The van der Waals surface area contributed by atoms with Crippen molar-refractivity contribution in [2.75, 3.05) is 35.9 Å². The summed E-state index contributed by atoms with van der Waals surface area (Å²) in [5.74, 6) is 0.578. The molecule has 2 amide bonds. The molecule has 2 atom stereocenters. The number of carbonyl (C=O) groups excluding carboxylic acids is 1. The van der Waals surface area contributed by atoms with Gasteiger partial charge >= 0.3 is 12.0 Å². The zero-order valence-electron chi connectivity index (χ0n) is 10.9. The molecule has 0 spiro atoms. The van der Waals surface area contributed by atoms with Crippen molar-refractivity contribution in [1.29, 1.82) is 0 Å². The summed E-state index contributed by atoms with van der Waals surface area (Å²) in [6.07, 6.45) is 1.11. The number of hydrogen-bond donors (Lipinski definition) is 1. The first-order valence-corrected chi connectivity index (χ1v) is 10.2. The summed E-state index contributed by atoms with van der Waals surface area (Å²) in [6, 6.07) is -1.36. The third-order valence-electron chi connectivity index (χ3n) is 3.24. The number of thioether (sulfide) groups is 2. The van der Waals surface area contributed by atoms with Crippen LogP contribution in [-0.2, 0) is 14.6 Å². The first-order valence-electron chi connectivity index (χ1n) is 5.97. The maximum Gasteiger partial charge on any atom is 0.327 e. The number of rotatable bonds is 2. The van der Waals surface area contributed by atoms with Crippen LogP contribution in [0.4, 0.5) is 4.79 Å². The molecule has 2 heterocycles. The van der Waals surface area contributed by atoms with Crippen LogP contribution in [0.2, 0.25) is 0 Å². The molecule has 2 unspecified atom stereocenters. The number of aliphatic carboxylic acids is 1. The summed E-state index contributed by atoms with van der Waals surface area (Å²) in [6.45, 7) is 0.328. The van der Waals surface area contributed by atoms with Gasteiger partial charge in [0.25, 0.3) is 0 Å². The van der Waals surface area contributed by atoms with Crippen LogP contribution in [-0.4, -0.2) is 82.7 Å². The lowest BCUT2D eigenvalue weighted by Crippen LogP contribution is -2.56. The monoisotopic (exact) mass is 340 g/mol. The lowest BCUT2D eigenvalue weighted by atomic mass is 10.3. The fourth-order valence-corrected chi connectivity index (χ4v) is 6.10. The second kappa shape index (κ2) is 6.02. The van der Waals surface area contributed by atoms with Crippen molar-refractivity contribution in [2.45, 2.75) is 11.4 Å². The fraction of sp³-hybridized carbons (Fsp3) is 0.800. The SMILES string of the molecule is CS(=O)(=O)C1CSCCN1C(=O)N1CSCC1C(=O)O. The molecule has 0 aromatic carbocycles. The van der Waals surface area contributed by atoms with E-state index in [1.807, 2.05) is 0 Å². The smallest absolute Gasteiger partial charge is 0.327 e. The van der Waals surface area contributed by atoms with Crippen LogP contribution in [0.15, 0.2) is 0 Å². The summed E-state index contributed by atoms with van der Waals surface area (Å²) in [7, 11) is -3.38. The highest BCUT2D eigenvalue weighted by Crippen LogP contribution is 2.27. The van der Waals surface area contributed by atoms with Crippen molar-refractivity contribution < 1.29 is 23.1 Å². The van der Waals surface area contributed by atoms with Crippen molar-refractivity contribution in [2.24, 2.45) is 0 Å². The van der Waals surface area contributed by atoms with Crippen molar-refractivity contribution in [3.05, 3.63) is 0 Å². The first-order chi connectivity index (χ1) is 9.32. The number of urea groups is 1. The van der Waals surface area contributed by atoms with Crippen LogP contribution in [0.1, 0.15) is 0 Å². The Kier molecular flexibility index (Phi) is 4.75. The van der Waals surface area contributed by atoms with Gasteiger partial charge in [0.2, 0.25) is 0 Å². The number of carbonyl (C=O) groups is 2. The van der Waals surface area contributed by atoms with E-state index in [9.17, 15) is 18.0 Å². The van der Waals surface area contributed by atoms with E-state index in [0.717, 1.165) is 6.26 Å². The maximum absolute atomic E-state index is 12.5. The zero-order valence-corrected chi connectivity index (χ0v) is 13.3. The van der Waals surface area contributed by atoms with Gasteiger partial charge in [-0.1, -0.05) is 0 Å². The number of carboxylic acid groups (broad SMARTS) is 1. The van der Waals surface area contributed by atoms with Gasteiger partial charge in [0.1, 0.15) is 11.4 Å². The van der Waals surface area contributed by atoms with Crippen LogP contribution in [0, 0.1) is 0 Å². The van der Waals surface area contributed by atoms with E-state index >= 15 is 0 Å². The van der Waals surface area contributed by atoms with Crippen LogP contribution >= 0.6 is 23.5 Å². The summed E-state index contributed by atoms with van der Waals surface area (Å²) in [5, 5.41) is 8.24. The Labute approximate surface area is 126 Å². The molecule has 2 aliphatic heterocycles. The third kappa shape index (κ3) is 3.17. The molecule has 1 N–H and O–H groups in total. The number of carboxylic acids is 1. The standard InChI is InChI=1S/C10H16N2O5S3/c1-20(16,17)8-5-18-3-2-11(8)10(15)12-6-19-4-7(12)9(13)14/h7-8H,2-6H2,1H3,(H,13,14). The Morgan fingerprint density at radius 3 is 2.50 bits per heavy atom. The Hall–Kier alpha value is -0.610. The average molecular weight is 340 g/mol. The Morgan fingerprint density at radius 1 is 1.20 bits per heavy atom. The van der Waals surface area contributed by atoms with Gasteiger partial charge in [0.15, 0.2) is 9.84 Å². The molecule has 114 valence electrons. The summed E-state index contributed by atoms with van der Waals surface area (Å²) in [5.41, 5.74) is 0. The lowest BCUT2D eigenvalue weighted by molar-refractivity contribution is -0.140. The topological polar surface area (TPSA) is 95.0 Å². The van der Waals surface area contributed by atoms with E-state index in [1.54, 1.807) is 0 Å². The van der Waals surface area contributed by atoms with E-state index in [4.69, 9.17) is 5.11 Å². The molecule has 2 aliphatic rings. The van der Waals surface area contributed by atoms with Crippen molar-refractivity contribution in [3.8, 4) is 0 Å². The Balaban J connectivity index is 2.20. The van der Waals surface area contributed by atoms with E-state index < -0.39 is 33.3 Å². The van der Waals surface area contributed by atoms with Gasteiger partial charge in [0.05, 0.1) is 5.88 Å². The lowest BCUT2D eigenvalue weighted by Gasteiger charge is -2.37. The van der Waals surface area contributed by atoms with E-state index in [-0.39, 0.29) is 5.88 Å². The normalized spacial score (nSPS) is 27.6. The molecule has 20 heavy (non-hydrogen) atoms.